The molecule has 4 rings (SSSR count). The van der Waals surface area contributed by atoms with Crippen LogP contribution in [0, 0.1) is 0 Å². The molecule has 1 amide bonds. The van der Waals surface area contributed by atoms with Crippen LogP contribution in [0.4, 0.5) is 0 Å². The van der Waals surface area contributed by atoms with Crippen LogP contribution in [0.1, 0.15) is 43.4 Å². The highest BCUT2D eigenvalue weighted by atomic mass is 32.2. The fourth-order valence-corrected chi connectivity index (χ4v) is 4.65. The molecule has 6 heteroatoms. The summed E-state index contributed by atoms with van der Waals surface area (Å²) in [7, 11) is 0. The molecule has 2 aromatic carbocycles. The van der Waals surface area contributed by atoms with Gasteiger partial charge >= 0.3 is 0 Å². The Hall–Kier alpha value is -2.47. The van der Waals surface area contributed by atoms with Gasteiger partial charge in [-0.2, -0.15) is 0 Å². The fraction of sp³-hybridized carbons (Fsp3) is 0.364. The lowest BCUT2D eigenvalue weighted by molar-refractivity contribution is -0.121. The summed E-state index contributed by atoms with van der Waals surface area (Å²) in [5, 5.41) is 3.63. The van der Waals surface area contributed by atoms with Crippen LogP contribution in [0.2, 0.25) is 0 Å². The first-order chi connectivity index (χ1) is 13.7. The lowest BCUT2D eigenvalue weighted by Gasteiger charge is -2.19. The van der Waals surface area contributed by atoms with Crippen molar-refractivity contribution >= 4 is 28.7 Å². The van der Waals surface area contributed by atoms with Crippen molar-refractivity contribution in [3.8, 4) is 5.75 Å². The number of imidazole rings is 1. The molecule has 28 heavy (non-hydrogen) atoms. The first-order valence-corrected chi connectivity index (χ1v) is 10.8. The number of H-pyrrole nitrogens is 1. The smallest absolute Gasteiger partial charge is 0.238 e. The predicted octanol–water partition coefficient (Wildman–Crippen LogP) is 4.85. The molecule has 1 fully saturated rings. The van der Waals surface area contributed by atoms with Crippen LogP contribution in [-0.2, 0) is 4.79 Å². The molecule has 1 aliphatic carbocycles. The van der Waals surface area contributed by atoms with E-state index in [-0.39, 0.29) is 11.2 Å². The Kier molecular flexibility index (Phi) is 5.86. The number of ether oxygens (including phenoxy) is 1. The third-order valence-corrected chi connectivity index (χ3v) is 6.15. The predicted molar refractivity (Wildman–Crippen MR) is 113 cm³/mol. The number of nitrogens with zero attached hydrogens (tertiary/aromatic N) is 1. The number of thioether (sulfide) groups is 1. The minimum Gasteiger partial charge on any atom is -0.494 e. The summed E-state index contributed by atoms with van der Waals surface area (Å²) >= 11 is 1.46. The van der Waals surface area contributed by atoms with Crippen LogP contribution in [0.15, 0.2) is 53.7 Å². The third kappa shape index (κ3) is 4.33. The van der Waals surface area contributed by atoms with E-state index >= 15 is 0 Å². The van der Waals surface area contributed by atoms with Crippen molar-refractivity contribution in [3.63, 3.8) is 0 Å². The Morgan fingerprint density at radius 1 is 1.25 bits per heavy atom. The number of hydrogen-bond donors (Lipinski definition) is 2. The molecule has 1 heterocycles. The van der Waals surface area contributed by atoms with E-state index < -0.39 is 0 Å². The fourth-order valence-electron chi connectivity index (χ4n) is 3.64. The number of rotatable bonds is 7. The number of aromatic nitrogens is 2. The van der Waals surface area contributed by atoms with Gasteiger partial charge in [0, 0.05) is 12.1 Å². The molecule has 0 bridgehead atoms. The molecule has 2 N–H and O–H groups in total. The number of carbonyl (C=O) groups excluding carboxylic acids is 1. The van der Waals surface area contributed by atoms with Gasteiger partial charge in [-0.15, -0.1) is 0 Å². The van der Waals surface area contributed by atoms with Crippen molar-refractivity contribution in [2.24, 2.45) is 0 Å². The topological polar surface area (TPSA) is 67.0 Å². The van der Waals surface area contributed by atoms with Crippen LogP contribution >= 0.6 is 11.8 Å². The van der Waals surface area contributed by atoms with Crippen LogP contribution < -0.4 is 10.1 Å². The molecular weight excluding hydrogens is 370 g/mol. The van der Waals surface area contributed by atoms with Gasteiger partial charge in [0.05, 0.1) is 17.6 Å². The van der Waals surface area contributed by atoms with Crippen molar-refractivity contribution < 1.29 is 9.53 Å². The zero-order chi connectivity index (χ0) is 19.3. The number of amides is 1. The summed E-state index contributed by atoms with van der Waals surface area (Å²) in [4.78, 5) is 21.1. The zero-order valence-corrected chi connectivity index (χ0v) is 16.8. The molecule has 3 aromatic rings. The Labute approximate surface area is 169 Å². The van der Waals surface area contributed by atoms with E-state index in [2.05, 4.69) is 15.3 Å². The normalized spacial score (nSPS) is 15.6. The average Bonchev–Trinajstić information content (AvgIpc) is 3.36. The van der Waals surface area contributed by atoms with Crippen molar-refractivity contribution in [1.29, 1.82) is 0 Å². The first-order valence-electron chi connectivity index (χ1n) is 9.87. The molecular formula is C22H25N3O2S. The molecule has 1 aliphatic rings. The number of benzene rings is 2. The maximum absolute atomic E-state index is 13.1. The minimum atomic E-state index is -0.339. The number of hydrogen-bond acceptors (Lipinski definition) is 4. The van der Waals surface area contributed by atoms with Gasteiger partial charge in [0.15, 0.2) is 5.16 Å². The summed E-state index contributed by atoms with van der Waals surface area (Å²) in [5.41, 5.74) is 2.77. The molecule has 0 spiro atoms. The van der Waals surface area contributed by atoms with Gasteiger partial charge in [0.1, 0.15) is 11.0 Å². The van der Waals surface area contributed by atoms with Gasteiger partial charge in [-0.3, -0.25) is 4.79 Å². The van der Waals surface area contributed by atoms with Gasteiger partial charge in [0.2, 0.25) is 5.91 Å². The van der Waals surface area contributed by atoms with Gasteiger partial charge in [-0.1, -0.05) is 54.9 Å². The van der Waals surface area contributed by atoms with Gasteiger partial charge in [-0.25, -0.2) is 4.98 Å². The second-order valence-corrected chi connectivity index (χ2v) is 8.15. The molecule has 1 atom stereocenters. The van der Waals surface area contributed by atoms with Crippen molar-refractivity contribution in [3.05, 3.63) is 54.1 Å². The lowest BCUT2D eigenvalue weighted by atomic mass is 10.1. The van der Waals surface area contributed by atoms with Crippen molar-refractivity contribution in [2.45, 2.75) is 49.1 Å². The maximum atomic E-state index is 13.1. The Balaban J connectivity index is 1.57. The molecule has 146 valence electrons. The summed E-state index contributed by atoms with van der Waals surface area (Å²) < 4.78 is 5.57. The number of nitrogens with one attached hydrogen (secondary N) is 2. The average molecular weight is 396 g/mol. The zero-order valence-electron chi connectivity index (χ0n) is 16.0. The summed E-state index contributed by atoms with van der Waals surface area (Å²) in [6.07, 6.45) is 4.53. The minimum absolute atomic E-state index is 0.0542. The lowest BCUT2D eigenvalue weighted by Crippen LogP contribution is -2.35. The number of aromatic amines is 1. The van der Waals surface area contributed by atoms with E-state index in [0.717, 1.165) is 40.3 Å². The number of carbonyl (C=O) groups is 1. The Bertz CT molecular complexity index is 935. The molecule has 0 radical (unpaired) electrons. The second-order valence-electron chi connectivity index (χ2n) is 7.05. The van der Waals surface area contributed by atoms with Crippen LogP contribution in [0.25, 0.3) is 11.0 Å². The highest BCUT2D eigenvalue weighted by molar-refractivity contribution is 8.00. The van der Waals surface area contributed by atoms with Crippen LogP contribution in [-0.4, -0.2) is 28.5 Å². The van der Waals surface area contributed by atoms with Gasteiger partial charge in [-0.05, 0) is 37.5 Å². The second kappa shape index (κ2) is 8.69. The highest BCUT2D eigenvalue weighted by Gasteiger charge is 2.26. The quantitative estimate of drug-likeness (QED) is 0.561. The Morgan fingerprint density at radius 3 is 2.79 bits per heavy atom. The SMILES string of the molecule is CCOc1ccc2nc(S[C@H](C(=O)NC3CCCC3)c3ccccc3)[nH]c2c1. The van der Waals surface area contributed by atoms with Crippen molar-refractivity contribution in [2.75, 3.05) is 6.61 Å². The molecule has 1 saturated carbocycles. The van der Waals surface area contributed by atoms with Crippen LogP contribution in [0.3, 0.4) is 0 Å². The van der Waals surface area contributed by atoms with E-state index in [4.69, 9.17) is 4.74 Å². The number of fused-ring (bicyclic) bond motifs is 1. The largest absolute Gasteiger partial charge is 0.494 e. The highest BCUT2D eigenvalue weighted by Crippen LogP contribution is 2.36. The summed E-state index contributed by atoms with van der Waals surface area (Å²) in [6, 6.07) is 16.0. The molecule has 5 nitrogen and oxygen atoms in total. The maximum Gasteiger partial charge on any atom is 0.238 e. The molecule has 0 saturated heterocycles. The van der Waals surface area contributed by atoms with Gasteiger partial charge in [0.25, 0.3) is 0 Å². The molecule has 1 aromatic heterocycles. The van der Waals surface area contributed by atoms with E-state index in [1.165, 1.54) is 24.6 Å². The van der Waals surface area contributed by atoms with E-state index in [0.29, 0.717) is 12.6 Å². The standard InChI is InChI=1S/C22H25N3O2S/c1-2-27-17-12-13-18-19(14-17)25-22(24-18)28-20(15-8-4-3-5-9-15)21(26)23-16-10-6-7-11-16/h3-5,8-9,12-14,16,20H,2,6-7,10-11H2,1H3,(H,23,26)(H,24,25)/t20-/m0/s1. The summed E-state index contributed by atoms with van der Waals surface area (Å²) in [6.45, 7) is 2.59. The van der Waals surface area contributed by atoms with E-state index in [1.807, 2.05) is 55.5 Å². The monoisotopic (exact) mass is 395 g/mol. The van der Waals surface area contributed by atoms with Crippen LogP contribution in [0.5, 0.6) is 5.75 Å². The molecule has 0 unspecified atom stereocenters. The van der Waals surface area contributed by atoms with E-state index in [9.17, 15) is 4.79 Å². The van der Waals surface area contributed by atoms with E-state index in [1.54, 1.807) is 0 Å². The third-order valence-electron chi connectivity index (χ3n) is 5.01. The first kappa shape index (κ1) is 18.9. The van der Waals surface area contributed by atoms with Crippen molar-refractivity contribution in [1.82, 2.24) is 15.3 Å². The van der Waals surface area contributed by atoms with Gasteiger partial charge < -0.3 is 15.0 Å². The molecule has 0 aliphatic heterocycles. The Morgan fingerprint density at radius 2 is 2.04 bits per heavy atom. The summed E-state index contributed by atoms with van der Waals surface area (Å²) in [5.74, 6) is 0.868.